The highest BCUT2D eigenvalue weighted by Gasteiger charge is 2.28. The number of aromatic nitrogens is 3. The highest BCUT2D eigenvalue weighted by molar-refractivity contribution is 5.89. The van der Waals surface area contributed by atoms with Gasteiger partial charge in [-0.2, -0.15) is 10.4 Å². The van der Waals surface area contributed by atoms with Crippen LogP contribution in [0.25, 0.3) is 22.2 Å². The van der Waals surface area contributed by atoms with E-state index in [4.69, 9.17) is 5.26 Å². The number of hydrogen-bond donors (Lipinski definition) is 0. The van der Waals surface area contributed by atoms with Gasteiger partial charge in [0, 0.05) is 17.0 Å². The molecule has 0 bridgehead atoms. The molecule has 4 rings (SSSR count). The van der Waals surface area contributed by atoms with E-state index in [0.29, 0.717) is 23.6 Å². The van der Waals surface area contributed by atoms with Crippen LogP contribution in [-0.4, -0.2) is 21.1 Å². The number of carbonyl (C=O) groups is 1. The molecule has 1 saturated carbocycles. The number of hydrogen-bond acceptors (Lipinski definition) is 4. The van der Waals surface area contributed by atoms with Crippen LogP contribution in [-0.2, 0) is 0 Å². The maximum Gasteiger partial charge on any atom is 0.170 e. The van der Waals surface area contributed by atoms with Gasteiger partial charge >= 0.3 is 0 Å². The first-order valence-electron chi connectivity index (χ1n) is 7.13. The molecule has 1 aliphatic rings. The van der Waals surface area contributed by atoms with Gasteiger partial charge in [0.25, 0.3) is 0 Å². The molecular formula is C17H12N4O. The van der Waals surface area contributed by atoms with E-state index < -0.39 is 0 Å². The molecule has 3 aromatic rings. The van der Waals surface area contributed by atoms with Crippen molar-refractivity contribution in [2.24, 2.45) is 0 Å². The number of aldehydes is 1. The molecule has 5 nitrogen and oxygen atoms in total. The van der Waals surface area contributed by atoms with Crippen molar-refractivity contribution < 1.29 is 4.79 Å². The van der Waals surface area contributed by atoms with Crippen molar-refractivity contribution in [1.29, 1.82) is 5.26 Å². The van der Waals surface area contributed by atoms with E-state index in [2.05, 4.69) is 26.9 Å². The van der Waals surface area contributed by atoms with Crippen molar-refractivity contribution in [2.75, 3.05) is 0 Å². The Kier molecular flexibility index (Phi) is 2.76. The van der Waals surface area contributed by atoms with Gasteiger partial charge in [-0.15, -0.1) is 5.10 Å². The van der Waals surface area contributed by atoms with Crippen LogP contribution in [0.4, 0.5) is 0 Å². The molecule has 0 amide bonds. The minimum absolute atomic E-state index is 0.322. The second kappa shape index (κ2) is 4.78. The van der Waals surface area contributed by atoms with Crippen LogP contribution in [0.5, 0.6) is 0 Å². The van der Waals surface area contributed by atoms with Crippen molar-refractivity contribution in [3.8, 4) is 17.3 Å². The topological polar surface area (TPSA) is 71.6 Å². The second-order valence-corrected chi connectivity index (χ2v) is 5.50. The molecule has 5 heteroatoms. The van der Waals surface area contributed by atoms with Crippen LogP contribution >= 0.6 is 0 Å². The molecule has 0 atom stereocenters. The SMILES string of the molecule is N#Cc1ccc2cc(-c3cnnc(C=O)c3)n(C3CC3)c2c1. The smallest absolute Gasteiger partial charge is 0.170 e. The first kappa shape index (κ1) is 12.7. The van der Waals surface area contributed by atoms with E-state index in [9.17, 15) is 4.79 Å². The Bertz CT molecular complexity index is 931. The molecule has 106 valence electrons. The summed E-state index contributed by atoms with van der Waals surface area (Å²) in [5.74, 6) is 0. The van der Waals surface area contributed by atoms with Gasteiger partial charge in [-0.3, -0.25) is 4.79 Å². The molecule has 0 unspecified atom stereocenters. The summed E-state index contributed by atoms with van der Waals surface area (Å²) in [7, 11) is 0. The van der Waals surface area contributed by atoms with Gasteiger partial charge in [0.2, 0.25) is 0 Å². The molecule has 1 aliphatic carbocycles. The van der Waals surface area contributed by atoms with Crippen molar-refractivity contribution in [3.63, 3.8) is 0 Å². The fraction of sp³-hybridized carbons (Fsp3) is 0.176. The summed E-state index contributed by atoms with van der Waals surface area (Å²) >= 11 is 0. The standard InChI is InChI=1S/C17H12N4O/c18-8-11-1-2-12-7-17(13-6-14(10-22)20-19-9-13)21(15-3-4-15)16(12)5-11/h1-2,5-7,9-10,15H,3-4H2. The lowest BCUT2D eigenvalue weighted by atomic mass is 10.1. The first-order chi connectivity index (χ1) is 10.8. The summed E-state index contributed by atoms with van der Waals surface area (Å²) in [4.78, 5) is 10.9. The molecule has 0 N–H and O–H groups in total. The van der Waals surface area contributed by atoms with E-state index in [1.165, 1.54) is 0 Å². The van der Waals surface area contributed by atoms with Gasteiger partial charge in [0.15, 0.2) is 6.29 Å². The van der Waals surface area contributed by atoms with Crippen LogP contribution in [0, 0.1) is 11.3 Å². The fourth-order valence-corrected chi connectivity index (χ4v) is 2.82. The maximum atomic E-state index is 10.9. The Morgan fingerprint density at radius 1 is 1.27 bits per heavy atom. The highest BCUT2D eigenvalue weighted by Crippen LogP contribution is 2.42. The largest absolute Gasteiger partial charge is 0.337 e. The van der Waals surface area contributed by atoms with Crippen molar-refractivity contribution >= 4 is 17.2 Å². The van der Waals surface area contributed by atoms with E-state index >= 15 is 0 Å². The minimum atomic E-state index is 0.322. The summed E-state index contributed by atoms with van der Waals surface area (Å²) in [6, 6.07) is 12.2. The first-order valence-corrected chi connectivity index (χ1v) is 7.13. The van der Waals surface area contributed by atoms with Gasteiger partial charge in [0.05, 0.1) is 29.0 Å². The molecule has 1 fully saturated rings. The van der Waals surface area contributed by atoms with Crippen molar-refractivity contribution in [1.82, 2.24) is 14.8 Å². The molecule has 2 aromatic heterocycles. The Morgan fingerprint density at radius 2 is 2.14 bits per heavy atom. The Hall–Kier alpha value is -3.00. The number of benzene rings is 1. The summed E-state index contributed by atoms with van der Waals surface area (Å²) in [5, 5.41) is 17.9. The summed E-state index contributed by atoms with van der Waals surface area (Å²) in [5.41, 5.74) is 3.92. The monoisotopic (exact) mass is 288 g/mol. The summed E-state index contributed by atoms with van der Waals surface area (Å²) in [6.45, 7) is 0. The highest BCUT2D eigenvalue weighted by atomic mass is 16.1. The lowest BCUT2D eigenvalue weighted by Gasteiger charge is -2.09. The normalized spacial score (nSPS) is 14.0. The quantitative estimate of drug-likeness (QED) is 0.694. The molecule has 0 aliphatic heterocycles. The average Bonchev–Trinajstić information content (AvgIpc) is 3.34. The van der Waals surface area contributed by atoms with Gasteiger partial charge in [-0.25, -0.2) is 0 Å². The Balaban J connectivity index is 1.98. The van der Waals surface area contributed by atoms with E-state index in [1.54, 1.807) is 12.3 Å². The fourth-order valence-electron chi connectivity index (χ4n) is 2.82. The average molecular weight is 288 g/mol. The van der Waals surface area contributed by atoms with E-state index in [-0.39, 0.29) is 0 Å². The van der Waals surface area contributed by atoms with Crippen LogP contribution in [0.2, 0.25) is 0 Å². The predicted molar refractivity (Wildman–Crippen MR) is 81.3 cm³/mol. The van der Waals surface area contributed by atoms with E-state index in [0.717, 1.165) is 35.0 Å². The third kappa shape index (κ3) is 1.97. The molecule has 0 saturated heterocycles. The number of fused-ring (bicyclic) bond motifs is 1. The number of rotatable bonds is 3. The third-order valence-electron chi connectivity index (χ3n) is 3.97. The zero-order valence-corrected chi connectivity index (χ0v) is 11.7. The van der Waals surface area contributed by atoms with Gasteiger partial charge in [-0.1, -0.05) is 6.07 Å². The van der Waals surface area contributed by atoms with Crippen molar-refractivity contribution in [2.45, 2.75) is 18.9 Å². The van der Waals surface area contributed by atoms with Crippen LogP contribution in [0.15, 0.2) is 36.5 Å². The minimum Gasteiger partial charge on any atom is -0.337 e. The molecule has 2 heterocycles. The number of nitrogens with zero attached hydrogens (tertiary/aromatic N) is 4. The third-order valence-corrected chi connectivity index (χ3v) is 3.97. The van der Waals surface area contributed by atoms with Crippen LogP contribution in [0.1, 0.15) is 34.9 Å². The Morgan fingerprint density at radius 3 is 2.86 bits per heavy atom. The zero-order valence-electron chi connectivity index (χ0n) is 11.7. The number of nitriles is 1. The van der Waals surface area contributed by atoms with Crippen LogP contribution < -0.4 is 0 Å². The van der Waals surface area contributed by atoms with Gasteiger partial charge < -0.3 is 4.57 Å². The van der Waals surface area contributed by atoms with E-state index in [1.807, 2.05) is 18.2 Å². The predicted octanol–water partition coefficient (Wildman–Crippen LogP) is 3.12. The Labute approximate surface area is 126 Å². The molecule has 0 radical (unpaired) electrons. The zero-order chi connectivity index (χ0) is 15.1. The number of carbonyl (C=O) groups excluding carboxylic acids is 1. The van der Waals surface area contributed by atoms with Gasteiger partial charge in [0.1, 0.15) is 5.69 Å². The molecule has 0 spiro atoms. The second-order valence-electron chi connectivity index (χ2n) is 5.50. The maximum absolute atomic E-state index is 10.9. The van der Waals surface area contributed by atoms with Crippen LogP contribution in [0.3, 0.4) is 0 Å². The summed E-state index contributed by atoms with van der Waals surface area (Å²) < 4.78 is 2.25. The molecule has 22 heavy (non-hydrogen) atoms. The molecule has 1 aromatic carbocycles. The molecular weight excluding hydrogens is 276 g/mol. The van der Waals surface area contributed by atoms with Crippen molar-refractivity contribution in [3.05, 3.63) is 47.8 Å². The van der Waals surface area contributed by atoms with Gasteiger partial charge in [-0.05, 0) is 37.1 Å². The summed E-state index contributed by atoms with van der Waals surface area (Å²) in [6.07, 6.45) is 4.64. The lowest BCUT2D eigenvalue weighted by molar-refractivity contribution is 0.111. The lowest BCUT2D eigenvalue weighted by Crippen LogP contribution is -1.99.